The first kappa shape index (κ1) is 16.2. The lowest BCUT2D eigenvalue weighted by molar-refractivity contribution is 0.249. The van der Waals surface area contributed by atoms with E-state index in [1.54, 1.807) is 0 Å². The lowest BCUT2D eigenvalue weighted by Gasteiger charge is -2.36. The van der Waals surface area contributed by atoms with Gasteiger partial charge in [-0.15, -0.1) is 0 Å². The van der Waals surface area contributed by atoms with Crippen LogP contribution < -0.4 is 15.5 Å². The van der Waals surface area contributed by atoms with Crippen LogP contribution in [0.15, 0.2) is 42.5 Å². The van der Waals surface area contributed by atoms with Gasteiger partial charge in [-0.2, -0.15) is 0 Å². The minimum Gasteiger partial charge on any atom is -0.399 e. The van der Waals surface area contributed by atoms with Crippen molar-refractivity contribution in [3.05, 3.63) is 48.0 Å². The van der Waals surface area contributed by atoms with Crippen molar-refractivity contribution < 1.29 is 0 Å². The number of rotatable bonds is 4. The Morgan fingerprint density at radius 3 is 2.04 bits per heavy atom. The van der Waals surface area contributed by atoms with Crippen LogP contribution in [0.1, 0.15) is 18.4 Å². The van der Waals surface area contributed by atoms with Crippen molar-refractivity contribution in [2.45, 2.75) is 19.4 Å². The van der Waals surface area contributed by atoms with E-state index in [1.165, 1.54) is 18.4 Å². The fourth-order valence-electron chi connectivity index (χ4n) is 3.77. The number of nitrogens with two attached hydrogens (primary N) is 1. The van der Waals surface area contributed by atoms with Crippen molar-refractivity contribution in [3.8, 4) is 0 Å². The molecular formula is C20H27N5. The molecule has 1 aromatic heterocycles. The van der Waals surface area contributed by atoms with E-state index < -0.39 is 0 Å². The Morgan fingerprint density at radius 2 is 1.40 bits per heavy atom. The summed E-state index contributed by atoms with van der Waals surface area (Å²) >= 11 is 0. The zero-order valence-corrected chi connectivity index (χ0v) is 14.8. The molecule has 1 aromatic carbocycles. The lowest BCUT2D eigenvalue weighted by atomic mass is 10.2. The zero-order chi connectivity index (χ0) is 17.1. The fraction of sp³-hybridized carbons (Fsp3) is 0.450. The summed E-state index contributed by atoms with van der Waals surface area (Å²) in [4.78, 5) is 12.1. The molecule has 132 valence electrons. The van der Waals surface area contributed by atoms with Crippen molar-refractivity contribution in [1.82, 2.24) is 9.88 Å². The van der Waals surface area contributed by atoms with Gasteiger partial charge in [0.2, 0.25) is 0 Å². The number of nitrogens with zero attached hydrogens (tertiary/aromatic N) is 4. The van der Waals surface area contributed by atoms with Gasteiger partial charge in [0.1, 0.15) is 11.6 Å². The first-order valence-corrected chi connectivity index (χ1v) is 9.32. The van der Waals surface area contributed by atoms with Gasteiger partial charge in [0, 0.05) is 63.6 Å². The predicted molar refractivity (Wildman–Crippen MR) is 104 cm³/mol. The summed E-state index contributed by atoms with van der Waals surface area (Å²) in [6, 6.07) is 14.7. The Bertz CT molecular complexity index is 688. The van der Waals surface area contributed by atoms with E-state index >= 15 is 0 Å². The molecule has 0 unspecified atom stereocenters. The number of nitrogen functional groups attached to an aromatic ring is 1. The first-order valence-electron chi connectivity index (χ1n) is 9.32. The van der Waals surface area contributed by atoms with Gasteiger partial charge in [-0.3, -0.25) is 4.90 Å². The molecule has 0 amide bonds. The van der Waals surface area contributed by atoms with Crippen molar-refractivity contribution in [1.29, 1.82) is 0 Å². The molecule has 0 aliphatic carbocycles. The Balaban J connectivity index is 1.40. The molecule has 0 spiro atoms. The number of hydrogen-bond acceptors (Lipinski definition) is 5. The standard InChI is InChI=1S/C20H27N5/c21-18-14-19(24-8-4-5-9-24)22-20(15-18)25-12-10-23(11-13-25)16-17-6-2-1-3-7-17/h1-3,6-7,14-15H,4-5,8-13,16H2,(H2,21,22). The second-order valence-corrected chi connectivity index (χ2v) is 7.06. The maximum Gasteiger partial charge on any atom is 0.133 e. The number of anilines is 3. The minimum atomic E-state index is 0.818. The van der Waals surface area contributed by atoms with Gasteiger partial charge in [-0.25, -0.2) is 4.98 Å². The summed E-state index contributed by atoms with van der Waals surface area (Å²) < 4.78 is 0. The van der Waals surface area contributed by atoms with Crippen molar-refractivity contribution in [2.75, 3.05) is 54.8 Å². The molecule has 3 heterocycles. The number of aromatic nitrogens is 1. The number of benzene rings is 1. The summed E-state index contributed by atoms with van der Waals surface area (Å²) in [7, 11) is 0. The van der Waals surface area contributed by atoms with Crippen LogP contribution in [0.25, 0.3) is 0 Å². The molecule has 2 saturated heterocycles. The Morgan fingerprint density at radius 1 is 0.800 bits per heavy atom. The quantitative estimate of drug-likeness (QED) is 0.929. The monoisotopic (exact) mass is 337 g/mol. The molecule has 0 saturated carbocycles. The zero-order valence-electron chi connectivity index (χ0n) is 14.8. The molecule has 4 rings (SSSR count). The van der Waals surface area contributed by atoms with E-state index in [9.17, 15) is 0 Å². The average molecular weight is 337 g/mol. The maximum atomic E-state index is 6.16. The highest BCUT2D eigenvalue weighted by atomic mass is 15.3. The fourth-order valence-corrected chi connectivity index (χ4v) is 3.77. The second kappa shape index (κ2) is 7.31. The highest BCUT2D eigenvalue weighted by Gasteiger charge is 2.20. The van der Waals surface area contributed by atoms with Crippen LogP contribution in [-0.4, -0.2) is 49.2 Å². The number of hydrogen-bond donors (Lipinski definition) is 1. The Kier molecular flexibility index (Phi) is 4.74. The molecule has 5 heteroatoms. The van der Waals surface area contributed by atoms with E-state index in [0.29, 0.717) is 0 Å². The van der Waals surface area contributed by atoms with Gasteiger partial charge in [-0.1, -0.05) is 30.3 Å². The van der Waals surface area contributed by atoms with Crippen molar-refractivity contribution >= 4 is 17.3 Å². The summed E-state index contributed by atoms with van der Waals surface area (Å²) in [5.41, 5.74) is 8.36. The largest absolute Gasteiger partial charge is 0.399 e. The van der Waals surface area contributed by atoms with Gasteiger partial charge >= 0.3 is 0 Å². The van der Waals surface area contributed by atoms with E-state index in [4.69, 9.17) is 10.7 Å². The molecule has 25 heavy (non-hydrogen) atoms. The summed E-state index contributed by atoms with van der Waals surface area (Å²) in [5, 5.41) is 0. The second-order valence-electron chi connectivity index (χ2n) is 7.06. The van der Waals surface area contributed by atoms with E-state index in [-0.39, 0.29) is 0 Å². The average Bonchev–Trinajstić information content (AvgIpc) is 3.17. The molecule has 2 fully saturated rings. The molecule has 2 aliphatic heterocycles. The van der Waals surface area contributed by atoms with Gasteiger partial charge in [0.25, 0.3) is 0 Å². The summed E-state index contributed by atoms with van der Waals surface area (Å²) in [6.45, 7) is 7.35. The van der Waals surface area contributed by atoms with E-state index in [2.05, 4.69) is 45.0 Å². The molecule has 5 nitrogen and oxygen atoms in total. The topological polar surface area (TPSA) is 48.6 Å². The molecule has 2 aromatic rings. The van der Waals surface area contributed by atoms with Crippen LogP contribution in [0.5, 0.6) is 0 Å². The van der Waals surface area contributed by atoms with Gasteiger partial charge in [0.15, 0.2) is 0 Å². The molecule has 2 N–H and O–H groups in total. The highest BCUT2D eigenvalue weighted by Crippen LogP contribution is 2.25. The van der Waals surface area contributed by atoms with Gasteiger partial charge < -0.3 is 15.5 Å². The normalized spacial score (nSPS) is 18.7. The van der Waals surface area contributed by atoms with Gasteiger partial charge in [0.05, 0.1) is 0 Å². The summed E-state index contributed by atoms with van der Waals surface area (Å²) in [6.07, 6.45) is 2.51. The lowest BCUT2D eigenvalue weighted by Crippen LogP contribution is -2.46. The highest BCUT2D eigenvalue weighted by molar-refractivity contribution is 5.60. The van der Waals surface area contributed by atoms with E-state index in [1.807, 2.05) is 12.1 Å². The third-order valence-electron chi connectivity index (χ3n) is 5.20. The maximum absolute atomic E-state index is 6.16. The molecule has 0 bridgehead atoms. The summed E-state index contributed by atoms with van der Waals surface area (Å²) in [5.74, 6) is 2.07. The van der Waals surface area contributed by atoms with E-state index in [0.717, 1.165) is 63.1 Å². The molecule has 0 atom stereocenters. The van der Waals surface area contributed by atoms with Crippen LogP contribution in [0.2, 0.25) is 0 Å². The van der Waals surface area contributed by atoms with Gasteiger partial charge in [-0.05, 0) is 18.4 Å². The molecule has 2 aliphatic rings. The number of pyridine rings is 1. The van der Waals surface area contributed by atoms with Crippen LogP contribution in [0.3, 0.4) is 0 Å². The van der Waals surface area contributed by atoms with Crippen LogP contribution in [-0.2, 0) is 6.54 Å². The van der Waals surface area contributed by atoms with Crippen LogP contribution in [0.4, 0.5) is 17.3 Å². The first-order chi connectivity index (χ1) is 12.3. The van der Waals surface area contributed by atoms with Crippen LogP contribution in [0, 0.1) is 0 Å². The third-order valence-corrected chi connectivity index (χ3v) is 5.20. The SMILES string of the molecule is Nc1cc(N2CCCC2)nc(N2CCN(Cc3ccccc3)CC2)c1. The third kappa shape index (κ3) is 3.87. The Hall–Kier alpha value is -2.27. The molecular weight excluding hydrogens is 310 g/mol. The molecule has 0 radical (unpaired) electrons. The predicted octanol–water partition coefficient (Wildman–Crippen LogP) is 2.59. The smallest absolute Gasteiger partial charge is 0.133 e. The van der Waals surface area contributed by atoms with Crippen molar-refractivity contribution in [2.24, 2.45) is 0 Å². The minimum absolute atomic E-state index is 0.818. The number of piperazine rings is 1. The Labute approximate surface area is 150 Å². The van der Waals surface area contributed by atoms with Crippen LogP contribution >= 0.6 is 0 Å². The van der Waals surface area contributed by atoms with Crippen molar-refractivity contribution in [3.63, 3.8) is 0 Å².